The lowest BCUT2D eigenvalue weighted by atomic mass is 9.84. The first-order valence-electron chi connectivity index (χ1n) is 15.6. The largest absolute Gasteiger partial charge is 0.494 e. The second kappa shape index (κ2) is 16.6. The van der Waals surface area contributed by atoms with Crippen LogP contribution in [0.15, 0.2) is 102 Å². The Morgan fingerprint density at radius 3 is 2.46 bits per heavy atom. The molecule has 2 atom stereocenters. The van der Waals surface area contributed by atoms with Crippen LogP contribution in [0, 0.1) is 0 Å². The lowest BCUT2D eigenvalue weighted by molar-refractivity contribution is -0.128. The number of aliphatic hydroxyl groups is 1. The smallest absolute Gasteiger partial charge is 0.252 e. The van der Waals surface area contributed by atoms with Gasteiger partial charge in [0.2, 0.25) is 5.90 Å². The van der Waals surface area contributed by atoms with Gasteiger partial charge in [-0.25, -0.2) is 4.99 Å². The highest BCUT2D eigenvalue weighted by atomic mass is 35.5. The van der Waals surface area contributed by atoms with Crippen molar-refractivity contribution in [3.05, 3.63) is 129 Å². The number of rotatable bonds is 15. The van der Waals surface area contributed by atoms with Crippen LogP contribution >= 0.6 is 23.2 Å². The molecular formula is C38H38Cl2N2O6. The van der Waals surface area contributed by atoms with Gasteiger partial charge in [0.1, 0.15) is 5.75 Å². The Hall–Kier alpha value is -4.50. The molecule has 0 fully saturated rings. The van der Waals surface area contributed by atoms with Gasteiger partial charge in [0, 0.05) is 47.2 Å². The van der Waals surface area contributed by atoms with Crippen LogP contribution in [0.3, 0.4) is 0 Å². The molecule has 1 aliphatic rings. The maximum absolute atomic E-state index is 14.5. The highest BCUT2D eigenvalue weighted by Crippen LogP contribution is 2.45. The zero-order chi connectivity index (χ0) is 33.9. The number of aliphatic imine (C=N–C) groups is 1. The molecule has 0 radical (unpaired) electrons. The summed E-state index contributed by atoms with van der Waals surface area (Å²) in [5, 5.41) is 13.0. The lowest BCUT2D eigenvalue weighted by Crippen LogP contribution is -2.48. The van der Waals surface area contributed by atoms with E-state index >= 15 is 0 Å². The van der Waals surface area contributed by atoms with E-state index in [1.807, 2.05) is 72.8 Å². The van der Waals surface area contributed by atoms with Crippen molar-refractivity contribution in [2.75, 3.05) is 34.0 Å². The summed E-state index contributed by atoms with van der Waals surface area (Å²) in [5.74, 6) is 1.89. The van der Waals surface area contributed by atoms with E-state index in [9.17, 15) is 4.79 Å². The second-order valence-electron chi connectivity index (χ2n) is 11.2. The predicted octanol–water partition coefficient (Wildman–Crippen LogP) is 7.49. The molecule has 250 valence electrons. The van der Waals surface area contributed by atoms with Crippen molar-refractivity contribution >= 4 is 41.1 Å². The fourth-order valence-corrected chi connectivity index (χ4v) is 5.96. The molecule has 0 saturated carbocycles. The van der Waals surface area contributed by atoms with Crippen molar-refractivity contribution in [2.45, 2.75) is 30.9 Å². The van der Waals surface area contributed by atoms with Gasteiger partial charge in [-0.15, -0.1) is 0 Å². The summed E-state index contributed by atoms with van der Waals surface area (Å²) in [7, 11) is 3.18. The van der Waals surface area contributed by atoms with Crippen molar-refractivity contribution in [3.63, 3.8) is 0 Å². The normalized spacial score (nSPS) is 17.1. The van der Waals surface area contributed by atoms with Gasteiger partial charge in [-0.05, 0) is 66.1 Å². The number of nitrogens with zero attached hydrogens (tertiary/aromatic N) is 1. The van der Waals surface area contributed by atoms with Gasteiger partial charge in [0.05, 0.1) is 20.8 Å². The molecule has 4 aromatic carbocycles. The van der Waals surface area contributed by atoms with Crippen molar-refractivity contribution in [1.29, 1.82) is 0 Å². The number of benzene rings is 4. The second-order valence-corrected chi connectivity index (χ2v) is 12.0. The standard InChI is InChI=1S/C38H38Cl2N2O6/c1-45-33-18-11-27(24-34(33)46-2)19-21-41-37(44)38(20-6-10-26-8-4-3-5-9-26)35(31-17-14-29(39)25-32(31)40)48-36(42-38)28-12-15-30(16-13-28)47-23-7-22-43/h3-6,8-18,24-25,35,43H,7,19-23H2,1-2H3,(H,41,44)/b10-6+/t35-,38-/m1/s1. The third-order valence-corrected chi connectivity index (χ3v) is 8.52. The number of aliphatic hydroxyl groups excluding tert-OH is 1. The van der Waals surface area contributed by atoms with E-state index < -0.39 is 11.6 Å². The van der Waals surface area contributed by atoms with E-state index in [0.717, 1.165) is 11.1 Å². The quantitative estimate of drug-likeness (QED) is 0.126. The van der Waals surface area contributed by atoms with E-state index in [1.165, 1.54) is 0 Å². The van der Waals surface area contributed by atoms with E-state index in [2.05, 4.69) is 5.32 Å². The molecule has 48 heavy (non-hydrogen) atoms. The number of carbonyl (C=O) groups is 1. The fraction of sp³-hybridized carbons (Fsp3) is 0.263. The predicted molar refractivity (Wildman–Crippen MR) is 190 cm³/mol. The Labute approximate surface area is 290 Å². The molecule has 8 nitrogen and oxygen atoms in total. The highest BCUT2D eigenvalue weighted by Gasteiger charge is 2.53. The molecule has 0 bridgehead atoms. The molecule has 5 rings (SSSR count). The van der Waals surface area contributed by atoms with Gasteiger partial charge < -0.3 is 29.4 Å². The molecule has 0 aliphatic carbocycles. The Balaban J connectivity index is 1.50. The minimum atomic E-state index is -1.41. The molecule has 4 aromatic rings. The summed E-state index contributed by atoms with van der Waals surface area (Å²) in [6.45, 7) is 0.781. The minimum absolute atomic E-state index is 0.0501. The number of ether oxygens (including phenoxy) is 4. The van der Waals surface area contributed by atoms with Gasteiger partial charge >= 0.3 is 0 Å². The number of halogens is 2. The van der Waals surface area contributed by atoms with Crippen LogP contribution in [0.5, 0.6) is 17.2 Å². The average molecular weight is 690 g/mol. The zero-order valence-electron chi connectivity index (χ0n) is 26.8. The molecule has 1 amide bonds. The third kappa shape index (κ3) is 8.31. The van der Waals surface area contributed by atoms with Gasteiger partial charge in [-0.3, -0.25) is 4.79 Å². The van der Waals surface area contributed by atoms with Crippen LogP contribution in [0.1, 0.15) is 41.2 Å². The van der Waals surface area contributed by atoms with Crippen LogP contribution in [0.2, 0.25) is 10.0 Å². The summed E-state index contributed by atoms with van der Waals surface area (Å²) in [6, 6.07) is 27.9. The number of carbonyl (C=O) groups excluding carboxylic acids is 1. The summed E-state index contributed by atoms with van der Waals surface area (Å²) < 4.78 is 23.1. The Bertz CT molecular complexity index is 1750. The van der Waals surface area contributed by atoms with E-state index in [1.54, 1.807) is 44.6 Å². The Morgan fingerprint density at radius 2 is 1.75 bits per heavy atom. The first kappa shape index (κ1) is 34.8. The van der Waals surface area contributed by atoms with Gasteiger partial charge in [-0.2, -0.15) is 0 Å². The number of amides is 1. The number of nitrogens with one attached hydrogen (secondary N) is 1. The van der Waals surface area contributed by atoms with E-state index in [-0.39, 0.29) is 18.9 Å². The Morgan fingerprint density at radius 1 is 0.979 bits per heavy atom. The highest BCUT2D eigenvalue weighted by molar-refractivity contribution is 6.35. The van der Waals surface area contributed by atoms with Crippen molar-refractivity contribution in [2.24, 2.45) is 4.99 Å². The van der Waals surface area contributed by atoms with Gasteiger partial charge in [-0.1, -0.05) is 77.8 Å². The molecule has 0 spiro atoms. The summed E-state index contributed by atoms with van der Waals surface area (Å²) in [5.41, 5.74) is 1.81. The van der Waals surface area contributed by atoms with E-state index in [4.69, 9.17) is 52.2 Å². The molecular weight excluding hydrogens is 651 g/mol. The minimum Gasteiger partial charge on any atom is -0.494 e. The summed E-state index contributed by atoms with van der Waals surface area (Å²) in [4.78, 5) is 19.5. The van der Waals surface area contributed by atoms with E-state index in [0.29, 0.717) is 70.3 Å². The molecule has 2 N–H and O–H groups in total. The zero-order valence-corrected chi connectivity index (χ0v) is 28.3. The van der Waals surface area contributed by atoms with Crippen LogP contribution in [-0.4, -0.2) is 56.4 Å². The molecule has 1 aliphatic heterocycles. The van der Waals surface area contributed by atoms with Gasteiger partial charge in [0.15, 0.2) is 23.1 Å². The summed E-state index contributed by atoms with van der Waals surface area (Å²) in [6.07, 6.45) is 4.34. The monoisotopic (exact) mass is 688 g/mol. The fourth-order valence-electron chi connectivity index (χ4n) is 5.45. The SMILES string of the molecule is COc1ccc(CCNC(=O)[C@]2(C/C=C/c3ccccc3)N=C(c3ccc(OCCCO)cc3)O[C@@H]2c2ccc(Cl)cc2Cl)cc1OC. The maximum Gasteiger partial charge on any atom is 0.252 e. The van der Waals surface area contributed by atoms with Gasteiger partial charge in [0.25, 0.3) is 5.91 Å². The Kier molecular flexibility index (Phi) is 12.0. The van der Waals surface area contributed by atoms with Crippen LogP contribution in [0.4, 0.5) is 0 Å². The molecule has 0 aromatic heterocycles. The number of hydrogen-bond donors (Lipinski definition) is 2. The average Bonchev–Trinajstić information content (AvgIpc) is 3.49. The van der Waals surface area contributed by atoms with Crippen molar-refractivity contribution in [1.82, 2.24) is 5.32 Å². The summed E-state index contributed by atoms with van der Waals surface area (Å²) >= 11 is 13.0. The first-order valence-corrected chi connectivity index (χ1v) is 16.4. The van der Waals surface area contributed by atoms with Crippen LogP contribution in [0.25, 0.3) is 6.08 Å². The first-order chi connectivity index (χ1) is 23.4. The molecule has 0 saturated heterocycles. The van der Waals surface area contributed by atoms with Crippen molar-refractivity contribution < 1.29 is 28.8 Å². The maximum atomic E-state index is 14.5. The van der Waals surface area contributed by atoms with Crippen LogP contribution in [-0.2, 0) is 16.0 Å². The lowest BCUT2D eigenvalue weighted by Gasteiger charge is -2.30. The van der Waals surface area contributed by atoms with Crippen LogP contribution < -0.4 is 19.5 Å². The van der Waals surface area contributed by atoms with Crippen molar-refractivity contribution in [3.8, 4) is 17.2 Å². The molecule has 0 unspecified atom stereocenters. The number of hydrogen-bond acceptors (Lipinski definition) is 7. The third-order valence-electron chi connectivity index (χ3n) is 7.96. The molecule has 10 heteroatoms. The number of methoxy groups -OCH3 is 2. The molecule has 1 heterocycles. The topological polar surface area (TPSA) is 98.6 Å².